The summed E-state index contributed by atoms with van der Waals surface area (Å²) in [5.74, 6) is 0. The quantitative estimate of drug-likeness (QED) is 0.664. The minimum Gasteiger partial charge on any atom is -0.391 e. The summed E-state index contributed by atoms with van der Waals surface area (Å²) in [5, 5.41) is 20.3. The molecule has 2 rings (SSSR count). The topological polar surface area (TPSA) is 66.6 Å². The Kier molecular flexibility index (Phi) is 3.36. The van der Waals surface area contributed by atoms with Crippen molar-refractivity contribution >= 4 is 11.4 Å². The molecule has 1 aromatic carbocycles. The zero-order chi connectivity index (χ0) is 14.2. The Morgan fingerprint density at radius 2 is 2.11 bits per heavy atom. The molecule has 1 aliphatic rings. The molecule has 0 aromatic heterocycles. The van der Waals surface area contributed by atoms with Crippen LogP contribution < -0.4 is 4.90 Å². The second kappa shape index (κ2) is 4.69. The average molecular weight is 276 g/mol. The largest absolute Gasteiger partial charge is 0.416 e. The number of aliphatic hydroxyl groups is 1. The Bertz CT molecular complexity index is 504. The van der Waals surface area contributed by atoms with E-state index in [4.69, 9.17) is 0 Å². The summed E-state index contributed by atoms with van der Waals surface area (Å²) in [4.78, 5) is 11.6. The maximum absolute atomic E-state index is 12.5. The Morgan fingerprint density at radius 1 is 1.42 bits per heavy atom. The average Bonchev–Trinajstić information content (AvgIpc) is 2.73. The lowest BCUT2D eigenvalue weighted by molar-refractivity contribution is -0.384. The van der Waals surface area contributed by atoms with Crippen molar-refractivity contribution in [2.75, 3.05) is 18.0 Å². The molecule has 0 saturated carbocycles. The Morgan fingerprint density at radius 3 is 2.58 bits per heavy atom. The van der Waals surface area contributed by atoms with Crippen molar-refractivity contribution in [1.82, 2.24) is 0 Å². The van der Waals surface area contributed by atoms with Crippen LogP contribution in [0.15, 0.2) is 18.2 Å². The number of rotatable bonds is 2. The van der Waals surface area contributed by atoms with Gasteiger partial charge in [0.1, 0.15) is 5.69 Å². The van der Waals surface area contributed by atoms with E-state index >= 15 is 0 Å². The summed E-state index contributed by atoms with van der Waals surface area (Å²) in [6.45, 7) is 0.569. The molecule has 1 atom stereocenters. The van der Waals surface area contributed by atoms with Gasteiger partial charge in [-0.25, -0.2) is 0 Å². The van der Waals surface area contributed by atoms with E-state index in [1.54, 1.807) is 0 Å². The Balaban J connectivity index is 2.42. The van der Waals surface area contributed by atoms with E-state index in [1.807, 2.05) is 0 Å². The SMILES string of the molecule is O=[N+]([O-])c1cc(C(F)(F)F)ccc1N1CCC(O)C1. The van der Waals surface area contributed by atoms with Gasteiger partial charge in [-0.15, -0.1) is 0 Å². The maximum Gasteiger partial charge on any atom is 0.416 e. The summed E-state index contributed by atoms with van der Waals surface area (Å²) in [6, 6.07) is 2.42. The van der Waals surface area contributed by atoms with Crippen molar-refractivity contribution < 1.29 is 23.2 Å². The number of halogens is 3. The zero-order valence-corrected chi connectivity index (χ0v) is 9.72. The van der Waals surface area contributed by atoms with Crippen LogP contribution in [0.5, 0.6) is 0 Å². The number of nitro benzene ring substituents is 1. The number of alkyl halides is 3. The minimum absolute atomic E-state index is 0.106. The van der Waals surface area contributed by atoms with Crippen molar-refractivity contribution in [2.45, 2.75) is 18.7 Å². The van der Waals surface area contributed by atoms with Gasteiger partial charge in [-0.2, -0.15) is 13.2 Å². The highest BCUT2D eigenvalue weighted by molar-refractivity contribution is 5.65. The van der Waals surface area contributed by atoms with Crippen LogP contribution in [0.25, 0.3) is 0 Å². The molecule has 8 heteroatoms. The molecule has 1 aromatic rings. The monoisotopic (exact) mass is 276 g/mol. The summed E-state index contributed by atoms with van der Waals surface area (Å²) < 4.78 is 37.6. The van der Waals surface area contributed by atoms with Gasteiger partial charge in [0.25, 0.3) is 5.69 Å². The Hall–Kier alpha value is -1.83. The van der Waals surface area contributed by atoms with E-state index < -0.39 is 28.5 Å². The number of β-amino-alcohol motifs (C(OH)–C–C–N with tert-alkyl or cyclic N) is 1. The van der Waals surface area contributed by atoms with Gasteiger partial charge in [-0.05, 0) is 18.6 Å². The van der Waals surface area contributed by atoms with E-state index in [1.165, 1.54) is 4.90 Å². The highest BCUT2D eigenvalue weighted by Crippen LogP contribution is 2.37. The first-order valence-electron chi connectivity index (χ1n) is 5.57. The number of nitro groups is 1. The van der Waals surface area contributed by atoms with Gasteiger partial charge in [0.15, 0.2) is 0 Å². The molecule has 1 unspecified atom stereocenters. The molecule has 0 bridgehead atoms. The highest BCUT2D eigenvalue weighted by Gasteiger charge is 2.34. The van der Waals surface area contributed by atoms with Crippen LogP contribution in [-0.2, 0) is 6.18 Å². The second-order valence-electron chi connectivity index (χ2n) is 4.35. The lowest BCUT2D eigenvalue weighted by Crippen LogP contribution is -2.22. The molecule has 0 amide bonds. The molecule has 0 radical (unpaired) electrons. The maximum atomic E-state index is 12.5. The first-order chi connectivity index (χ1) is 8.79. The lowest BCUT2D eigenvalue weighted by Gasteiger charge is -2.18. The fourth-order valence-corrected chi connectivity index (χ4v) is 2.07. The molecule has 0 aliphatic carbocycles. The van der Waals surface area contributed by atoms with Crippen LogP contribution in [0, 0.1) is 10.1 Å². The van der Waals surface area contributed by atoms with E-state index in [9.17, 15) is 28.4 Å². The third-order valence-corrected chi connectivity index (χ3v) is 3.00. The minimum atomic E-state index is -4.62. The summed E-state index contributed by atoms with van der Waals surface area (Å²) in [5.41, 5.74) is -1.54. The van der Waals surface area contributed by atoms with Crippen molar-refractivity contribution in [3.05, 3.63) is 33.9 Å². The van der Waals surface area contributed by atoms with Crippen LogP contribution in [0.2, 0.25) is 0 Å². The predicted molar refractivity (Wildman–Crippen MR) is 60.9 cm³/mol. The van der Waals surface area contributed by atoms with Crippen LogP contribution in [-0.4, -0.2) is 29.2 Å². The number of anilines is 1. The predicted octanol–water partition coefficient (Wildman–Crippen LogP) is 2.18. The van der Waals surface area contributed by atoms with Gasteiger partial charge in [-0.1, -0.05) is 0 Å². The standard InChI is InChI=1S/C11H11F3N2O3/c12-11(13,14)7-1-2-9(10(5-7)16(18)19)15-4-3-8(17)6-15/h1-2,5,8,17H,3-4,6H2. The van der Waals surface area contributed by atoms with Crippen LogP contribution >= 0.6 is 0 Å². The van der Waals surface area contributed by atoms with Crippen molar-refractivity contribution in [3.63, 3.8) is 0 Å². The van der Waals surface area contributed by atoms with E-state index in [0.29, 0.717) is 19.0 Å². The van der Waals surface area contributed by atoms with Crippen molar-refractivity contribution in [2.24, 2.45) is 0 Å². The lowest BCUT2D eigenvalue weighted by atomic mass is 10.1. The smallest absolute Gasteiger partial charge is 0.391 e. The molecule has 1 fully saturated rings. The molecule has 1 N–H and O–H groups in total. The highest BCUT2D eigenvalue weighted by atomic mass is 19.4. The summed E-state index contributed by atoms with van der Waals surface area (Å²) in [6.07, 6.45) is -4.78. The zero-order valence-electron chi connectivity index (χ0n) is 9.72. The van der Waals surface area contributed by atoms with Crippen molar-refractivity contribution in [3.8, 4) is 0 Å². The molecular weight excluding hydrogens is 265 g/mol. The fraction of sp³-hybridized carbons (Fsp3) is 0.455. The van der Waals surface area contributed by atoms with Gasteiger partial charge in [0.05, 0.1) is 16.6 Å². The number of aliphatic hydroxyl groups excluding tert-OH is 1. The van der Waals surface area contributed by atoms with Crippen LogP contribution in [0.4, 0.5) is 24.5 Å². The third kappa shape index (κ3) is 2.78. The number of hydrogen-bond acceptors (Lipinski definition) is 4. The van der Waals surface area contributed by atoms with Gasteiger partial charge < -0.3 is 10.0 Å². The third-order valence-electron chi connectivity index (χ3n) is 3.00. The van der Waals surface area contributed by atoms with Gasteiger partial charge in [-0.3, -0.25) is 10.1 Å². The van der Waals surface area contributed by atoms with Crippen LogP contribution in [0.1, 0.15) is 12.0 Å². The first-order valence-corrected chi connectivity index (χ1v) is 5.57. The van der Waals surface area contributed by atoms with Gasteiger partial charge >= 0.3 is 6.18 Å². The molecular formula is C11H11F3N2O3. The molecule has 0 spiro atoms. The Labute approximate surface area is 106 Å². The van der Waals surface area contributed by atoms with Gasteiger partial charge in [0.2, 0.25) is 0 Å². The second-order valence-corrected chi connectivity index (χ2v) is 4.35. The number of benzene rings is 1. The van der Waals surface area contributed by atoms with Crippen LogP contribution in [0.3, 0.4) is 0 Å². The van der Waals surface area contributed by atoms with E-state index in [-0.39, 0.29) is 12.2 Å². The first kappa shape index (κ1) is 13.6. The molecule has 5 nitrogen and oxygen atoms in total. The normalized spacial score (nSPS) is 19.8. The van der Waals surface area contributed by atoms with E-state index in [2.05, 4.69) is 0 Å². The van der Waals surface area contributed by atoms with Gasteiger partial charge in [0, 0.05) is 19.2 Å². The number of hydrogen-bond donors (Lipinski definition) is 1. The number of nitrogens with zero attached hydrogens (tertiary/aromatic N) is 2. The summed E-state index contributed by atoms with van der Waals surface area (Å²) in [7, 11) is 0. The summed E-state index contributed by atoms with van der Waals surface area (Å²) >= 11 is 0. The fourth-order valence-electron chi connectivity index (χ4n) is 2.07. The molecule has 1 heterocycles. The van der Waals surface area contributed by atoms with Crippen molar-refractivity contribution in [1.29, 1.82) is 0 Å². The molecule has 1 aliphatic heterocycles. The molecule has 19 heavy (non-hydrogen) atoms. The molecule has 1 saturated heterocycles. The van der Waals surface area contributed by atoms with E-state index in [0.717, 1.165) is 12.1 Å². The molecule has 104 valence electrons.